The van der Waals surface area contributed by atoms with Crippen molar-refractivity contribution in [2.75, 3.05) is 0 Å². The van der Waals surface area contributed by atoms with Gasteiger partial charge >= 0.3 is 0 Å². The van der Waals surface area contributed by atoms with Crippen LogP contribution in [0.3, 0.4) is 0 Å². The quantitative estimate of drug-likeness (QED) is 0.226. The minimum absolute atomic E-state index is 0. The molecule has 2 rings (SSSR count). The Labute approximate surface area is 191 Å². The van der Waals surface area contributed by atoms with Crippen LogP contribution in [0.15, 0.2) is 37.4 Å². The molecule has 0 radical (unpaired) electrons. The Morgan fingerprint density at radius 3 is 1.00 bits per heavy atom. The number of unbranched alkanes of at least 4 members (excludes halogenated alkanes) is 12. The summed E-state index contributed by atoms with van der Waals surface area (Å²) in [7, 11) is 4.17. The van der Waals surface area contributed by atoms with Gasteiger partial charge in [-0.1, -0.05) is 57.8 Å². The molecule has 0 unspecified atom stereocenters. The van der Waals surface area contributed by atoms with E-state index in [1.165, 1.54) is 96.6 Å². The van der Waals surface area contributed by atoms with Crippen LogP contribution in [-0.2, 0) is 27.2 Å². The minimum Gasteiger partial charge on any atom is -1.00 e. The lowest BCUT2D eigenvalue weighted by atomic mass is 10.0. The zero-order valence-corrected chi connectivity index (χ0v) is 20.1. The van der Waals surface area contributed by atoms with Crippen molar-refractivity contribution in [2.24, 2.45) is 14.1 Å². The number of imidazole rings is 2. The summed E-state index contributed by atoms with van der Waals surface area (Å²) in [6, 6.07) is 0. The molecule has 0 bridgehead atoms. The van der Waals surface area contributed by atoms with Crippen molar-refractivity contribution in [3.63, 3.8) is 0 Å². The molecule has 0 N–H and O–H groups in total. The molecule has 168 valence electrons. The molecule has 0 fully saturated rings. The second-order valence-electron chi connectivity index (χ2n) is 8.23. The molecule has 0 saturated carbocycles. The summed E-state index contributed by atoms with van der Waals surface area (Å²) in [4.78, 5) is 0. The Balaban J connectivity index is 0.00000392. The molecule has 29 heavy (non-hydrogen) atoms. The summed E-state index contributed by atoms with van der Waals surface area (Å²) >= 11 is 0. The van der Waals surface area contributed by atoms with Crippen LogP contribution < -0.4 is 33.9 Å². The number of aromatic nitrogens is 4. The van der Waals surface area contributed by atoms with Gasteiger partial charge in [0.05, 0.1) is 27.2 Å². The highest BCUT2D eigenvalue weighted by atomic mass is 35.5. The standard InChI is InChI=1S/C23H42N4.2ClH/c1-24-18-20-26(22-24)16-14-12-10-8-6-4-3-5-7-9-11-13-15-17-27-21-19-25(2)23-27;;/h18-23H,3-17H2,1-2H3;2*1H/q+2;;/p-2. The molecular weight excluding hydrogens is 403 g/mol. The van der Waals surface area contributed by atoms with Gasteiger partial charge in [0.15, 0.2) is 0 Å². The van der Waals surface area contributed by atoms with E-state index in [-0.39, 0.29) is 24.8 Å². The minimum atomic E-state index is 0. The Morgan fingerprint density at radius 1 is 0.483 bits per heavy atom. The van der Waals surface area contributed by atoms with E-state index in [2.05, 4.69) is 69.8 Å². The fourth-order valence-corrected chi connectivity index (χ4v) is 3.80. The van der Waals surface area contributed by atoms with Crippen molar-refractivity contribution in [2.45, 2.75) is 96.6 Å². The molecule has 0 spiro atoms. The van der Waals surface area contributed by atoms with Gasteiger partial charge in [0.1, 0.15) is 24.8 Å². The molecule has 0 amide bonds. The van der Waals surface area contributed by atoms with Crippen LogP contribution in [0.1, 0.15) is 83.5 Å². The average Bonchev–Trinajstić information content (AvgIpc) is 3.26. The van der Waals surface area contributed by atoms with E-state index in [0.29, 0.717) is 0 Å². The first kappa shape index (κ1) is 28.0. The SMILES string of the molecule is C[n+]1ccn(CCCCCCCCCCCCCCCn2cc[n+](C)c2)c1.[Cl-].[Cl-]. The molecular formula is C23H42Cl2N4. The number of hydrogen-bond acceptors (Lipinski definition) is 0. The summed E-state index contributed by atoms with van der Waals surface area (Å²) in [5.74, 6) is 0. The van der Waals surface area contributed by atoms with E-state index in [0.717, 1.165) is 0 Å². The Bertz CT molecular complexity index is 557. The van der Waals surface area contributed by atoms with Crippen LogP contribution in [0.5, 0.6) is 0 Å². The predicted molar refractivity (Wildman–Crippen MR) is 111 cm³/mol. The maximum atomic E-state index is 2.29. The zero-order chi connectivity index (χ0) is 19.2. The van der Waals surface area contributed by atoms with Crippen LogP contribution in [0.4, 0.5) is 0 Å². The number of nitrogens with zero attached hydrogens (tertiary/aromatic N) is 4. The molecule has 0 saturated heterocycles. The third-order valence-corrected chi connectivity index (χ3v) is 5.48. The second kappa shape index (κ2) is 17.8. The number of hydrogen-bond donors (Lipinski definition) is 0. The van der Waals surface area contributed by atoms with E-state index in [1.807, 2.05) is 0 Å². The second-order valence-corrected chi connectivity index (χ2v) is 8.23. The summed E-state index contributed by atoms with van der Waals surface area (Å²) in [5, 5.41) is 0. The first-order chi connectivity index (χ1) is 13.2. The van der Waals surface area contributed by atoms with Crippen molar-refractivity contribution >= 4 is 0 Å². The molecule has 0 aliphatic heterocycles. The first-order valence-corrected chi connectivity index (χ1v) is 11.3. The van der Waals surface area contributed by atoms with Gasteiger partial charge in [-0.2, -0.15) is 0 Å². The van der Waals surface area contributed by atoms with Gasteiger partial charge in [-0.15, -0.1) is 0 Å². The van der Waals surface area contributed by atoms with Crippen molar-refractivity contribution < 1.29 is 33.9 Å². The summed E-state index contributed by atoms with van der Waals surface area (Å²) in [6.07, 6.45) is 31.2. The van der Waals surface area contributed by atoms with Crippen molar-refractivity contribution in [3.8, 4) is 0 Å². The lowest BCUT2D eigenvalue weighted by Crippen LogP contribution is -3.00. The number of halogens is 2. The van der Waals surface area contributed by atoms with E-state index in [4.69, 9.17) is 0 Å². The van der Waals surface area contributed by atoms with Crippen LogP contribution in [0.25, 0.3) is 0 Å². The molecule has 2 aromatic heterocycles. The van der Waals surface area contributed by atoms with Crippen molar-refractivity contribution in [1.29, 1.82) is 0 Å². The van der Waals surface area contributed by atoms with Gasteiger partial charge in [0.25, 0.3) is 0 Å². The average molecular weight is 446 g/mol. The molecule has 4 nitrogen and oxygen atoms in total. The predicted octanol–water partition coefficient (Wildman–Crippen LogP) is -1.28. The first-order valence-electron chi connectivity index (χ1n) is 11.3. The molecule has 0 aromatic carbocycles. The maximum Gasteiger partial charge on any atom is 0.243 e. The molecule has 2 aromatic rings. The molecule has 0 aliphatic carbocycles. The van der Waals surface area contributed by atoms with E-state index >= 15 is 0 Å². The van der Waals surface area contributed by atoms with Crippen LogP contribution in [-0.4, -0.2) is 9.13 Å². The van der Waals surface area contributed by atoms with Gasteiger partial charge in [0.2, 0.25) is 12.7 Å². The summed E-state index contributed by atoms with van der Waals surface area (Å²) < 4.78 is 8.81. The highest BCUT2D eigenvalue weighted by molar-refractivity contribution is 4.66. The molecule has 0 atom stereocenters. The number of rotatable bonds is 16. The zero-order valence-electron chi connectivity index (χ0n) is 18.6. The summed E-state index contributed by atoms with van der Waals surface area (Å²) in [5.41, 5.74) is 0. The van der Waals surface area contributed by atoms with Gasteiger partial charge in [0, 0.05) is 0 Å². The van der Waals surface area contributed by atoms with Crippen molar-refractivity contribution in [1.82, 2.24) is 9.13 Å². The lowest BCUT2D eigenvalue weighted by molar-refractivity contribution is -0.671. The highest BCUT2D eigenvalue weighted by Crippen LogP contribution is 2.13. The topological polar surface area (TPSA) is 17.6 Å². The van der Waals surface area contributed by atoms with Gasteiger partial charge in [-0.25, -0.2) is 18.3 Å². The van der Waals surface area contributed by atoms with Crippen LogP contribution in [0, 0.1) is 0 Å². The Kier molecular flexibility index (Phi) is 17.2. The largest absolute Gasteiger partial charge is 1.00 e. The third-order valence-electron chi connectivity index (χ3n) is 5.48. The van der Waals surface area contributed by atoms with Gasteiger partial charge < -0.3 is 24.8 Å². The maximum absolute atomic E-state index is 2.29. The highest BCUT2D eigenvalue weighted by Gasteiger charge is 2.00. The molecule has 6 heteroatoms. The smallest absolute Gasteiger partial charge is 0.243 e. The third kappa shape index (κ3) is 13.8. The molecule has 2 heterocycles. The fraction of sp³-hybridized carbons (Fsp3) is 0.739. The summed E-state index contributed by atoms with van der Waals surface area (Å²) in [6.45, 7) is 2.34. The normalized spacial score (nSPS) is 10.6. The fourth-order valence-electron chi connectivity index (χ4n) is 3.80. The Morgan fingerprint density at radius 2 is 0.759 bits per heavy atom. The monoisotopic (exact) mass is 444 g/mol. The van der Waals surface area contributed by atoms with E-state index in [1.54, 1.807) is 0 Å². The number of aryl methyl sites for hydroxylation is 4. The van der Waals surface area contributed by atoms with Crippen LogP contribution >= 0.6 is 0 Å². The van der Waals surface area contributed by atoms with Crippen LogP contribution in [0.2, 0.25) is 0 Å². The van der Waals surface area contributed by atoms with E-state index in [9.17, 15) is 0 Å². The van der Waals surface area contributed by atoms with Gasteiger partial charge in [-0.05, 0) is 25.7 Å². The lowest BCUT2D eigenvalue weighted by Gasteiger charge is -2.03. The van der Waals surface area contributed by atoms with Gasteiger partial charge in [-0.3, -0.25) is 0 Å². The Hall–Kier alpha value is -1.00. The van der Waals surface area contributed by atoms with E-state index < -0.39 is 0 Å². The van der Waals surface area contributed by atoms with Crippen molar-refractivity contribution in [3.05, 3.63) is 37.4 Å². The molecule has 0 aliphatic rings.